The number of hydrogen-bond acceptors (Lipinski definition) is 5. The van der Waals surface area contributed by atoms with Gasteiger partial charge < -0.3 is 20.0 Å². The first-order valence-electron chi connectivity index (χ1n) is 11.5. The summed E-state index contributed by atoms with van der Waals surface area (Å²) in [4.78, 5) is 17.2. The van der Waals surface area contributed by atoms with Gasteiger partial charge in [-0.3, -0.25) is 4.79 Å². The van der Waals surface area contributed by atoms with Gasteiger partial charge in [0.25, 0.3) is 0 Å². The van der Waals surface area contributed by atoms with Crippen molar-refractivity contribution in [2.45, 2.75) is 13.8 Å². The van der Waals surface area contributed by atoms with Gasteiger partial charge in [0.2, 0.25) is 5.78 Å². The predicted octanol–water partition coefficient (Wildman–Crippen LogP) is 6.07. The number of fused-ring (bicyclic) bond motifs is 2. The van der Waals surface area contributed by atoms with Gasteiger partial charge in [-0.15, -0.1) is 0 Å². The van der Waals surface area contributed by atoms with Gasteiger partial charge in [0.1, 0.15) is 5.76 Å². The van der Waals surface area contributed by atoms with Gasteiger partial charge in [-0.1, -0.05) is 36.4 Å². The smallest absolute Gasteiger partial charge is 0.231 e. The maximum atomic E-state index is 13.0. The predicted molar refractivity (Wildman–Crippen MR) is 137 cm³/mol. The van der Waals surface area contributed by atoms with Crippen LogP contribution in [-0.2, 0) is 4.79 Å². The van der Waals surface area contributed by atoms with Crippen LogP contribution in [0.15, 0.2) is 108 Å². The quantitative estimate of drug-likeness (QED) is 0.592. The Morgan fingerprint density at radius 2 is 1.18 bits per heavy atom. The lowest BCUT2D eigenvalue weighted by Crippen LogP contribution is -2.19. The van der Waals surface area contributed by atoms with Crippen LogP contribution in [0.5, 0.6) is 0 Å². The number of benzene rings is 2. The van der Waals surface area contributed by atoms with E-state index in [1.165, 1.54) is 0 Å². The van der Waals surface area contributed by atoms with E-state index in [9.17, 15) is 15.0 Å². The fourth-order valence-electron chi connectivity index (χ4n) is 4.62. The number of anilines is 2. The second-order valence-corrected chi connectivity index (χ2v) is 8.29. The first kappa shape index (κ1) is 21.6. The van der Waals surface area contributed by atoms with E-state index >= 15 is 0 Å². The van der Waals surface area contributed by atoms with Gasteiger partial charge in [-0.05, 0) is 61.4 Å². The molecule has 0 bridgehead atoms. The Kier molecular flexibility index (Phi) is 5.46. The fourth-order valence-corrected chi connectivity index (χ4v) is 4.62. The van der Waals surface area contributed by atoms with Crippen molar-refractivity contribution in [3.05, 3.63) is 119 Å². The molecule has 0 saturated carbocycles. The molecular weight excluding hydrogens is 424 g/mol. The summed E-state index contributed by atoms with van der Waals surface area (Å²) >= 11 is 0. The maximum Gasteiger partial charge on any atom is 0.231 e. The molecule has 2 heterocycles. The number of rotatable bonds is 4. The highest BCUT2D eigenvalue weighted by molar-refractivity contribution is 6.15. The largest absolute Gasteiger partial charge is 0.506 e. The Labute approximate surface area is 199 Å². The highest BCUT2D eigenvalue weighted by atomic mass is 16.3. The SMILES string of the molecule is CCN1C=C/C(=C\C2=C(O)C(/C=C3\C=CN(CC)c4ccccc43)=C(O)C2=O)c2ccccc21. The van der Waals surface area contributed by atoms with Crippen molar-refractivity contribution in [2.75, 3.05) is 22.9 Å². The van der Waals surface area contributed by atoms with Crippen LogP contribution < -0.4 is 9.80 Å². The Balaban J connectivity index is 1.57. The van der Waals surface area contributed by atoms with E-state index in [0.29, 0.717) is 0 Å². The van der Waals surface area contributed by atoms with E-state index in [2.05, 4.69) is 23.6 Å². The molecule has 2 N–H and O–H groups in total. The number of carbonyl (C=O) groups is 1. The number of hydrogen-bond donors (Lipinski definition) is 2. The molecule has 2 aliphatic heterocycles. The van der Waals surface area contributed by atoms with Gasteiger partial charge in [-0.2, -0.15) is 0 Å². The van der Waals surface area contributed by atoms with Crippen LogP contribution in [0.25, 0.3) is 11.1 Å². The van der Waals surface area contributed by atoms with E-state index < -0.39 is 11.5 Å². The lowest BCUT2D eigenvalue weighted by molar-refractivity contribution is -0.114. The highest BCUT2D eigenvalue weighted by Crippen LogP contribution is 2.38. The maximum absolute atomic E-state index is 13.0. The van der Waals surface area contributed by atoms with Crippen molar-refractivity contribution in [1.29, 1.82) is 0 Å². The van der Waals surface area contributed by atoms with Gasteiger partial charge in [-0.25, -0.2) is 0 Å². The molecule has 5 nitrogen and oxygen atoms in total. The second kappa shape index (κ2) is 8.60. The molecule has 170 valence electrons. The highest BCUT2D eigenvalue weighted by Gasteiger charge is 2.31. The van der Waals surface area contributed by atoms with E-state index in [0.717, 1.165) is 46.7 Å². The first-order chi connectivity index (χ1) is 16.5. The molecule has 0 fully saturated rings. The van der Waals surface area contributed by atoms with E-state index in [1.54, 1.807) is 12.2 Å². The lowest BCUT2D eigenvalue weighted by atomic mass is 9.96. The van der Waals surface area contributed by atoms with E-state index in [-0.39, 0.29) is 16.9 Å². The zero-order valence-electron chi connectivity index (χ0n) is 19.2. The number of allylic oxidation sites excluding steroid dienone is 7. The molecule has 0 unspecified atom stereocenters. The molecule has 0 saturated heterocycles. The third-order valence-corrected chi connectivity index (χ3v) is 6.42. The minimum absolute atomic E-state index is 0.0898. The topological polar surface area (TPSA) is 64.0 Å². The fraction of sp³-hybridized carbons (Fsp3) is 0.138. The Morgan fingerprint density at radius 3 is 1.68 bits per heavy atom. The number of aliphatic hydroxyl groups is 2. The number of nitrogens with zero attached hydrogens (tertiary/aromatic N) is 2. The standard InChI is InChI=1S/C29H26N2O3/c1-3-30-15-13-19(21-9-5-7-11-25(21)30)17-23-27(32)24(29(34)28(23)33)18-20-14-16-31(4-2)26-12-8-6-10-22(20)26/h5-18,32H,3-4H2,1-2H3,(H,33,34)/b19-17+,20-18+. The summed E-state index contributed by atoms with van der Waals surface area (Å²) in [6, 6.07) is 15.9. The van der Waals surface area contributed by atoms with Crippen LogP contribution in [0.1, 0.15) is 25.0 Å². The minimum Gasteiger partial charge on any atom is -0.506 e. The van der Waals surface area contributed by atoms with Gasteiger partial charge in [0.15, 0.2) is 5.76 Å². The number of aliphatic hydroxyl groups excluding tert-OH is 2. The third kappa shape index (κ3) is 3.46. The van der Waals surface area contributed by atoms with E-state index in [1.807, 2.05) is 73.1 Å². The summed E-state index contributed by atoms with van der Waals surface area (Å²) in [6.45, 7) is 5.79. The zero-order chi connectivity index (χ0) is 23.8. The molecule has 2 aromatic carbocycles. The zero-order valence-corrected chi connectivity index (χ0v) is 19.2. The van der Waals surface area contributed by atoms with Gasteiger partial charge in [0.05, 0.1) is 11.1 Å². The Bertz CT molecular complexity index is 1370. The van der Waals surface area contributed by atoms with Crippen LogP contribution in [0.4, 0.5) is 11.4 Å². The summed E-state index contributed by atoms with van der Waals surface area (Å²) in [6.07, 6.45) is 11.1. The molecule has 2 aromatic rings. The summed E-state index contributed by atoms with van der Waals surface area (Å²) in [5, 5.41) is 21.7. The monoisotopic (exact) mass is 450 g/mol. The van der Waals surface area contributed by atoms with Crippen molar-refractivity contribution in [3.63, 3.8) is 0 Å². The number of carbonyl (C=O) groups excluding carboxylic acids is 1. The summed E-state index contributed by atoms with van der Waals surface area (Å²) in [5.41, 5.74) is 5.87. The van der Waals surface area contributed by atoms with Crippen molar-refractivity contribution >= 4 is 28.3 Å². The van der Waals surface area contributed by atoms with Gasteiger partial charge in [0, 0.05) is 48.0 Å². The normalized spacial score (nSPS) is 19.5. The molecule has 5 heteroatoms. The molecule has 0 spiro atoms. The van der Waals surface area contributed by atoms with Crippen LogP contribution >= 0.6 is 0 Å². The summed E-state index contributed by atoms with van der Waals surface area (Å²) < 4.78 is 0. The van der Waals surface area contributed by atoms with Crippen LogP contribution in [0.2, 0.25) is 0 Å². The molecule has 5 rings (SSSR count). The van der Waals surface area contributed by atoms with Crippen molar-refractivity contribution < 1.29 is 15.0 Å². The molecule has 0 amide bonds. The number of ketones is 1. The second-order valence-electron chi connectivity index (χ2n) is 8.29. The molecule has 1 aliphatic carbocycles. The average molecular weight is 451 g/mol. The summed E-state index contributed by atoms with van der Waals surface area (Å²) in [5.74, 6) is -1.23. The Morgan fingerprint density at radius 1 is 0.706 bits per heavy atom. The minimum atomic E-state index is -0.580. The van der Waals surface area contributed by atoms with Crippen molar-refractivity contribution in [3.8, 4) is 0 Å². The van der Waals surface area contributed by atoms with Crippen molar-refractivity contribution in [2.24, 2.45) is 0 Å². The number of Topliss-reactive ketones (excluding diaryl/α,β-unsaturated/α-hetero) is 1. The Hall–Kier alpha value is -4.25. The van der Waals surface area contributed by atoms with E-state index in [4.69, 9.17) is 0 Å². The number of para-hydroxylation sites is 2. The first-order valence-corrected chi connectivity index (χ1v) is 11.5. The van der Waals surface area contributed by atoms with Gasteiger partial charge >= 0.3 is 0 Å². The molecule has 0 atom stereocenters. The van der Waals surface area contributed by atoms with Crippen LogP contribution in [0.3, 0.4) is 0 Å². The average Bonchev–Trinajstić information content (AvgIpc) is 3.07. The van der Waals surface area contributed by atoms with Crippen molar-refractivity contribution in [1.82, 2.24) is 0 Å². The molecule has 0 radical (unpaired) electrons. The molecular formula is C29H26N2O3. The molecule has 34 heavy (non-hydrogen) atoms. The van der Waals surface area contributed by atoms with Crippen LogP contribution in [0, 0.1) is 0 Å². The summed E-state index contributed by atoms with van der Waals surface area (Å²) in [7, 11) is 0. The third-order valence-electron chi connectivity index (χ3n) is 6.42. The van der Waals surface area contributed by atoms with Crippen LogP contribution in [-0.4, -0.2) is 29.1 Å². The lowest BCUT2D eigenvalue weighted by Gasteiger charge is -2.26. The molecule has 0 aromatic heterocycles. The molecule has 3 aliphatic rings.